The summed E-state index contributed by atoms with van der Waals surface area (Å²) in [6, 6.07) is 6.29. The highest BCUT2D eigenvalue weighted by atomic mass is 16.5. The van der Waals surface area contributed by atoms with Gasteiger partial charge in [0, 0.05) is 13.1 Å². The van der Waals surface area contributed by atoms with E-state index in [4.69, 9.17) is 9.84 Å². The average Bonchev–Trinajstić information content (AvgIpc) is 2.53. The molecule has 0 amide bonds. The van der Waals surface area contributed by atoms with E-state index in [0.29, 0.717) is 6.54 Å². The summed E-state index contributed by atoms with van der Waals surface area (Å²) in [4.78, 5) is 13.4. The number of carbonyl (C=O) groups is 1. The predicted molar refractivity (Wildman–Crippen MR) is 85.5 cm³/mol. The number of aliphatic carboxylic acids is 1. The maximum absolute atomic E-state index is 11.1. The molecule has 1 saturated heterocycles. The van der Waals surface area contributed by atoms with Gasteiger partial charge in [-0.2, -0.15) is 0 Å². The third-order valence-corrected chi connectivity index (χ3v) is 4.52. The minimum absolute atomic E-state index is 0.200. The Morgan fingerprint density at radius 2 is 2.36 bits per heavy atom. The van der Waals surface area contributed by atoms with Gasteiger partial charge in [-0.1, -0.05) is 6.07 Å². The molecule has 2 aliphatic heterocycles. The topological polar surface area (TPSA) is 61.8 Å². The van der Waals surface area contributed by atoms with Gasteiger partial charge in [0.1, 0.15) is 11.9 Å². The van der Waals surface area contributed by atoms with Gasteiger partial charge in [-0.15, -0.1) is 0 Å². The molecule has 0 saturated carbocycles. The Morgan fingerprint density at radius 3 is 3.18 bits per heavy atom. The Hall–Kier alpha value is -1.75. The smallest absolute Gasteiger partial charge is 0.307 e. The normalized spacial score (nSPS) is 25.0. The lowest BCUT2D eigenvalue weighted by Gasteiger charge is -2.30. The van der Waals surface area contributed by atoms with Crippen LogP contribution in [-0.2, 0) is 11.2 Å². The van der Waals surface area contributed by atoms with Crippen LogP contribution in [0.2, 0.25) is 0 Å². The van der Waals surface area contributed by atoms with Crippen molar-refractivity contribution in [3.63, 3.8) is 0 Å². The number of ether oxygens (including phenoxy) is 1. The Morgan fingerprint density at radius 1 is 1.50 bits per heavy atom. The van der Waals surface area contributed by atoms with Crippen molar-refractivity contribution in [1.82, 2.24) is 4.90 Å². The van der Waals surface area contributed by atoms with Crippen LogP contribution in [0.3, 0.4) is 0 Å². The molecule has 3 rings (SSSR count). The second-order valence-electron chi connectivity index (χ2n) is 6.37. The number of piperidine rings is 1. The molecular formula is C17H24N2O3. The fourth-order valence-corrected chi connectivity index (χ4v) is 3.23. The number of carboxylic acids is 1. The summed E-state index contributed by atoms with van der Waals surface area (Å²) in [7, 11) is 0. The number of carboxylic acid groups (broad SMARTS) is 1. The van der Waals surface area contributed by atoms with Crippen molar-refractivity contribution < 1.29 is 14.6 Å². The van der Waals surface area contributed by atoms with E-state index in [1.54, 1.807) is 0 Å². The Bertz CT molecular complexity index is 547. The highest BCUT2D eigenvalue weighted by Gasteiger charge is 2.25. The SMILES string of the molecule is CC1CNc2cc(CCN3CCCC(C(=O)O)C3)ccc2O1. The van der Waals surface area contributed by atoms with Crippen molar-refractivity contribution in [3.8, 4) is 5.75 Å². The van der Waals surface area contributed by atoms with E-state index in [2.05, 4.69) is 29.3 Å². The summed E-state index contributed by atoms with van der Waals surface area (Å²) in [6.45, 7) is 5.49. The van der Waals surface area contributed by atoms with Gasteiger partial charge < -0.3 is 20.1 Å². The number of benzene rings is 1. The van der Waals surface area contributed by atoms with E-state index in [1.165, 1.54) is 5.56 Å². The van der Waals surface area contributed by atoms with Crippen LogP contribution in [-0.4, -0.2) is 48.3 Å². The minimum Gasteiger partial charge on any atom is -0.487 e. The monoisotopic (exact) mass is 304 g/mol. The maximum atomic E-state index is 11.1. The van der Waals surface area contributed by atoms with E-state index in [1.807, 2.05) is 6.07 Å². The third kappa shape index (κ3) is 3.53. The van der Waals surface area contributed by atoms with Crippen molar-refractivity contribution in [2.24, 2.45) is 5.92 Å². The van der Waals surface area contributed by atoms with Crippen LogP contribution in [0.1, 0.15) is 25.3 Å². The molecule has 0 aromatic heterocycles. The number of rotatable bonds is 4. The number of hydrogen-bond acceptors (Lipinski definition) is 4. The zero-order chi connectivity index (χ0) is 15.5. The number of anilines is 1. The molecule has 0 spiro atoms. The summed E-state index contributed by atoms with van der Waals surface area (Å²) < 4.78 is 5.78. The second kappa shape index (κ2) is 6.57. The van der Waals surface area contributed by atoms with Crippen molar-refractivity contribution in [3.05, 3.63) is 23.8 Å². The number of nitrogens with zero attached hydrogens (tertiary/aromatic N) is 1. The highest BCUT2D eigenvalue weighted by Crippen LogP contribution is 2.30. The Labute approximate surface area is 131 Å². The first kappa shape index (κ1) is 15.2. The lowest BCUT2D eigenvalue weighted by Crippen LogP contribution is -2.39. The summed E-state index contributed by atoms with van der Waals surface area (Å²) in [6.07, 6.45) is 2.94. The van der Waals surface area contributed by atoms with Gasteiger partial charge in [-0.3, -0.25) is 4.79 Å². The van der Waals surface area contributed by atoms with Gasteiger partial charge in [-0.25, -0.2) is 0 Å². The summed E-state index contributed by atoms with van der Waals surface area (Å²) in [5, 5.41) is 12.5. The van der Waals surface area contributed by atoms with Gasteiger partial charge in [0.2, 0.25) is 0 Å². The summed E-state index contributed by atoms with van der Waals surface area (Å²) >= 11 is 0. The maximum Gasteiger partial charge on any atom is 0.307 e. The van der Waals surface area contributed by atoms with Crippen LogP contribution in [0.25, 0.3) is 0 Å². The van der Waals surface area contributed by atoms with Crippen LogP contribution < -0.4 is 10.1 Å². The molecule has 0 bridgehead atoms. The van der Waals surface area contributed by atoms with E-state index in [9.17, 15) is 4.79 Å². The number of nitrogens with one attached hydrogen (secondary N) is 1. The number of fused-ring (bicyclic) bond motifs is 1. The molecule has 120 valence electrons. The zero-order valence-electron chi connectivity index (χ0n) is 13.0. The van der Waals surface area contributed by atoms with Crippen LogP contribution in [0.5, 0.6) is 5.75 Å². The first-order valence-corrected chi connectivity index (χ1v) is 8.10. The standard InChI is InChI=1S/C17H24N2O3/c1-12-10-18-15-9-13(4-5-16(15)22-12)6-8-19-7-2-3-14(11-19)17(20)21/h4-5,9,12,14,18H,2-3,6-8,10-11H2,1H3,(H,20,21). The third-order valence-electron chi connectivity index (χ3n) is 4.52. The Balaban J connectivity index is 1.56. The molecule has 1 aromatic carbocycles. The van der Waals surface area contributed by atoms with Crippen LogP contribution >= 0.6 is 0 Å². The quantitative estimate of drug-likeness (QED) is 0.893. The van der Waals surface area contributed by atoms with Gasteiger partial charge in [-0.05, 0) is 50.4 Å². The van der Waals surface area contributed by atoms with Gasteiger partial charge in [0.05, 0.1) is 18.2 Å². The molecule has 5 heteroatoms. The van der Waals surface area contributed by atoms with Crippen LogP contribution in [0.4, 0.5) is 5.69 Å². The molecule has 5 nitrogen and oxygen atoms in total. The summed E-state index contributed by atoms with van der Waals surface area (Å²) in [5.74, 6) is 0.0641. The number of likely N-dealkylation sites (tertiary alicyclic amines) is 1. The lowest BCUT2D eigenvalue weighted by molar-refractivity contribution is -0.143. The molecule has 2 unspecified atom stereocenters. The molecule has 1 aromatic rings. The van der Waals surface area contributed by atoms with Crippen molar-refractivity contribution >= 4 is 11.7 Å². The lowest BCUT2D eigenvalue weighted by atomic mass is 9.98. The Kier molecular flexibility index (Phi) is 4.52. The molecule has 2 atom stereocenters. The van der Waals surface area contributed by atoms with E-state index >= 15 is 0 Å². The minimum atomic E-state index is -0.658. The van der Waals surface area contributed by atoms with Crippen LogP contribution in [0.15, 0.2) is 18.2 Å². The van der Waals surface area contributed by atoms with Crippen molar-refractivity contribution in [1.29, 1.82) is 0 Å². The number of hydrogen-bond donors (Lipinski definition) is 2. The molecule has 1 fully saturated rings. The van der Waals surface area contributed by atoms with Crippen molar-refractivity contribution in [2.45, 2.75) is 32.3 Å². The highest BCUT2D eigenvalue weighted by molar-refractivity contribution is 5.70. The van der Waals surface area contributed by atoms with Crippen molar-refractivity contribution in [2.75, 3.05) is 31.5 Å². The van der Waals surface area contributed by atoms with E-state index < -0.39 is 5.97 Å². The molecule has 2 N–H and O–H groups in total. The predicted octanol–water partition coefficient (Wildman–Crippen LogP) is 2.22. The zero-order valence-corrected chi connectivity index (χ0v) is 13.0. The fourth-order valence-electron chi connectivity index (χ4n) is 3.23. The fraction of sp³-hybridized carbons (Fsp3) is 0.588. The summed E-state index contributed by atoms with van der Waals surface area (Å²) in [5.41, 5.74) is 2.33. The van der Waals surface area contributed by atoms with Crippen LogP contribution in [0, 0.1) is 5.92 Å². The average molecular weight is 304 g/mol. The van der Waals surface area contributed by atoms with E-state index in [-0.39, 0.29) is 12.0 Å². The second-order valence-corrected chi connectivity index (χ2v) is 6.37. The largest absolute Gasteiger partial charge is 0.487 e. The molecule has 2 heterocycles. The van der Waals surface area contributed by atoms with E-state index in [0.717, 1.165) is 50.3 Å². The molecule has 0 radical (unpaired) electrons. The molecule has 22 heavy (non-hydrogen) atoms. The molecular weight excluding hydrogens is 280 g/mol. The first-order valence-electron chi connectivity index (χ1n) is 8.10. The first-order chi connectivity index (χ1) is 10.6. The van der Waals surface area contributed by atoms with Gasteiger partial charge >= 0.3 is 5.97 Å². The van der Waals surface area contributed by atoms with Gasteiger partial charge in [0.25, 0.3) is 0 Å². The molecule has 2 aliphatic rings. The van der Waals surface area contributed by atoms with Gasteiger partial charge in [0.15, 0.2) is 0 Å². The molecule has 0 aliphatic carbocycles.